The van der Waals surface area contributed by atoms with E-state index in [9.17, 15) is 19.8 Å². The Morgan fingerprint density at radius 3 is 1.10 bits per heavy atom. The van der Waals surface area contributed by atoms with Crippen molar-refractivity contribution in [3.63, 3.8) is 0 Å². The maximum Gasteiger partial charge on any atom is 0.305 e. The number of carbonyl (C=O) groups excluding carboxylic acids is 2. The minimum Gasteiger partial charge on any atom is -0.466 e. The number of esters is 1. The summed E-state index contributed by atoms with van der Waals surface area (Å²) in [5.74, 6) is -0.0582. The van der Waals surface area contributed by atoms with Gasteiger partial charge < -0.3 is 20.3 Å². The molecule has 0 radical (unpaired) electrons. The number of hydrogen-bond donors (Lipinski definition) is 3. The molecule has 6 nitrogen and oxygen atoms in total. The van der Waals surface area contributed by atoms with Gasteiger partial charge in [0.05, 0.1) is 25.4 Å². The fourth-order valence-electron chi connectivity index (χ4n) is 8.75. The first kappa shape index (κ1) is 60.6. The zero-order valence-electron chi connectivity index (χ0n) is 41.9. The maximum atomic E-state index is 12.4. The lowest BCUT2D eigenvalue weighted by molar-refractivity contribution is -0.143. The van der Waals surface area contributed by atoms with E-state index in [1.54, 1.807) is 6.08 Å². The third-order valence-electron chi connectivity index (χ3n) is 13.1. The molecule has 0 saturated heterocycles. The summed E-state index contributed by atoms with van der Waals surface area (Å²) in [4.78, 5) is 24.4. The van der Waals surface area contributed by atoms with Crippen LogP contribution in [0.25, 0.3) is 0 Å². The molecule has 3 N–H and O–H groups in total. The van der Waals surface area contributed by atoms with Gasteiger partial charge in [-0.25, -0.2) is 0 Å². The Kier molecular flexibility index (Phi) is 51.0. The Morgan fingerprint density at radius 2 is 0.742 bits per heavy atom. The molecule has 368 valence electrons. The van der Waals surface area contributed by atoms with E-state index < -0.39 is 12.1 Å². The number of allylic oxidation sites excluding steroid dienone is 1. The molecule has 0 heterocycles. The summed E-state index contributed by atoms with van der Waals surface area (Å²) in [7, 11) is 0. The number of unbranched alkanes of at least 4 members (excludes halogenated alkanes) is 41. The average molecular weight is 876 g/mol. The van der Waals surface area contributed by atoms with E-state index in [2.05, 4.69) is 19.2 Å². The van der Waals surface area contributed by atoms with Gasteiger partial charge in [0.15, 0.2) is 0 Å². The zero-order chi connectivity index (χ0) is 45.1. The normalized spacial score (nSPS) is 12.6. The van der Waals surface area contributed by atoms with Crippen molar-refractivity contribution < 1.29 is 24.5 Å². The predicted octanol–water partition coefficient (Wildman–Crippen LogP) is 16.9. The van der Waals surface area contributed by atoms with E-state index in [1.807, 2.05) is 6.08 Å². The van der Waals surface area contributed by atoms with E-state index in [0.29, 0.717) is 19.4 Å². The van der Waals surface area contributed by atoms with Crippen LogP contribution in [0, 0.1) is 0 Å². The molecule has 0 aliphatic rings. The first-order valence-corrected chi connectivity index (χ1v) is 28.0. The first-order chi connectivity index (χ1) is 30.5. The third kappa shape index (κ3) is 48.1. The number of aliphatic hydroxyl groups excluding tert-OH is 2. The number of aliphatic hydroxyl groups is 2. The minimum absolute atomic E-state index is 0.0134. The van der Waals surface area contributed by atoms with E-state index in [-0.39, 0.29) is 18.5 Å². The molecule has 0 aliphatic heterocycles. The summed E-state index contributed by atoms with van der Waals surface area (Å²) in [5, 5.41) is 22.9. The molecule has 2 unspecified atom stereocenters. The van der Waals surface area contributed by atoms with Crippen molar-refractivity contribution in [1.82, 2.24) is 5.32 Å². The van der Waals surface area contributed by atoms with Crippen LogP contribution in [0.15, 0.2) is 12.2 Å². The standard InChI is InChI=1S/C56H109NO5/c1-3-5-7-9-11-13-14-15-16-24-27-30-34-38-42-46-50-56(61)62-51-47-43-39-35-31-28-25-22-20-18-17-19-21-23-26-29-33-37-41-45-49-55(60)57-53(52-58)54(59)48-44-40-36-32-12-10-8-6-4-2/h44,48,53-54,58-59H,3-43,45-47,49-52H2,1-2H3,(H,57,60)/b48-44+. The van der Waals surface area contributed by atoms with E-state index in [1.165, 1.54) is 244 Å². The molecule has 0 fully saturated rings. The summed E-state index contributed by atoms with van der Waals surface area (Å²) < 4.78 is 5.49. The molecule has 1 amide bonds. The highest BCUT2D eigenvalue weighted by Crippen LogP contribution is 2.17. The van der Waals surface area contributed by atoms with Gasteiger partial charge in [0.2, 0.25) is 5.91 Å². The van der Waals surface area contributed by atoms with Crippen LogP contribution in [0.1, 0.15) is 309 Å². The van der Waals surface area contributed by atoms with Crippen molar-refractivity contribution >= 4 is 11.9 Å². The molecular weight excluding hydrogens is 767 g/mol. The Balaban J connectivity index is 3.35. The molecule has 0 aromatic rings. The summed E-state index contributed by atoms with van der Waals surface area (Å²) >= 11 is 0. The Labute approximate surface area is 387 Å². The predicted molar refractivity (Wildman–Crippen MR) is 269 cm³/mol. The molecule has 6 heteroatoms. The molecule has 0 aliphatic carbocycles. The van der Waals surface area contributed by atoms with Gasteiger partial charge in [-0.05, 0) is 32.1 Å². The largest absolute Gasteiger partial charge is 0.466 e. The van der Waals surface area contributed by atoms with E-state index in [0.717, 1.165) is 38.5 Å². The second-order valence-electron chi connectivity index (χ2n) is 19.3. The Morgan fingerprint density at radius 1 is 0.435 bits per heavy atom. The van der Waals surface area contributed by atoms with Gasteiger partial charge >= 0.3 is 5.97 Å². The monoisotopic (exact) mass is 876 g/mol. The summed E-state index contributed by atoms with van der Waals surface area (Å²) in [6.45, 7) is 4.89. The number of nitrogens with one attached hydrogen (secondary N) is 1. The van der Waals surface area contributed by atoms with Crippen LogP contribution in [-0.2, 0) is 14.3 Å². The van der Waals surface area contributed by atoms with Crippen LogP contribution in [0.3, 0.4) is 0 Å². The highest BCUT2D eigenvalue weighted by atomic mass is 16.5. The fraction of sp³-hybridized carbons (Fsp3) is 0.929. The summed E-state index contributed by atoms with van der Waals surface area (Å²) in [6.07, 6.45) is 61.0. The first-order valence-electron chi connectivity index (χ1n) is 28.0. The van der Waals surface area contributed by atoms with Crippen molar-refractivity contribution in [3.05, 3.63) is 12.2 Å². The molecule has 62 heavy (non-hydrogen) atoms. The van der Waals surface area contributed by atoms with E-state index in [4.69, 9.17) is 4.74 Å². The highest BCUT2D eigenvalue weighted by Gasteiger charge is 2.18. The summed E-state index contributed by atoms with van der Waals surface area (Å²) in [5.41, 5.74) is 0. The molecule has 0 spiro atoms. The van der Waals surface area contributed by atoms with Crippen molar-refractivity contribution in [3.8, 4) is 0 Å². The Hall–Kier alpha value is -1.40. The lowest BCUT2D eigenvalue weighted by atomic mass is 10.0. The maximum absolute atomic E-state index is 12.4. The van der Waals surface area contributed by atoms with Crippen LogP contribution in [0.2, 0.25) is 0 Å². The molecule has 0 rings (SSSR count). The van der Waals surface area contributed by atoms with Crippen LogP contribution in [-0.4, -0.2) is 47.4 Å². The quantitative estimate of drug-likeness (QED) is 0.0321. The smallest absolute Gasteiger partial charge is 0.305 e. The van der Waals surface area contributed by atoms with Crippen LogP contribution in [0.5, 0.6) is 0 Å². The van der Waals surface area contributed by atoms with Crippen molar-refractivity contribution in [2.45, 2.75) is 321 Å². The van der Waals surface area contributed by atoms with Gasteiger partial charge in [-0.1, -0.05) is 276 Å². The lowest BCUT2D eigenvalue weighted by Gasteiger charge is -2.20. The molecule has 0 aromatic carbocycles. The zero-order valence-corrected chi connectivity index (χ0v) is 41.9. The van der Waals surface area contributed by atoms with Gasteiger partial charge in [-0.2, -0.15) is 0 Å². The fourth-order valence-corrected chi connectivity index (χ4v) is 8.75. The van der Waals surface area contributed by atoms with Crippen molar-refractivity contribution in [2.24, 2.45) is 0 Å². The van der Waals surface area contributed by atoms with Crippen molar-refractivity contribution in [2.75, 3.05) is 13.2 Å². The van der Waals surface area contributed by atoms with Crippen LogP contribution >= 0.6 is 0 Å². The van der Waals surface area contributed by atoms with Gasteiger partial charge in [-0.3, -0.25) is 9.59 Å². The average Bonchev–Trinajstić information content (AvgIpc) is 3.27. The second-order valence-corrected chi connectivity index (χ2v) is 19.3. The number of ether oxygens (including phenoxy) is 1. The topological polar surface area (TPSA) is 95.9 Å². The van der Waals surface area contributed by atoms with Gasteiger partial charge in [-0.15, -0.1) is 0 Å². The molecule has 0 saturated carbocycles. The minimum atomic E-state index is -0.842. The van der Waals surface area contributed by atoms with Gasteiger partial charge in [0.1, 0.15) is 0 Å². The number of hydrogen-bond acceptors (Lipinski definition) is 5. The third-order valence-corrected chi connectivity index (χ3v) is 13.1. The van der Waals surface area contributed by atoms with Crippen molar-refractivity contribution in [1.29, 1.82) is 0 Å². The van der Waals surface area contributed by atoms with Gasteiger partial charge in [0.25, 0.3) is 0 Å². The van der Waals surface area contributed by atoms with Crippen LogP contribution in [0.4, 0.5) is 0 Å². The lowest BCUT2D eigenvalue weighted by Crippen LogP contribution is -2.45. The highest BCUT2D eigenvalue weighted by molar-refractivity contribution is 5.76. The molecule has 2 atom stereocenters. The summed E-state index contributed by atoms with van der Waals surface area (Å²) in [6, 6.07) is -0.626. The van der Waals surface area contributed by atoms with Crippen LogP contribution < -0.4 is 5.32 Å². The number of carbonyl (C=O) groups is 2. The number of amides is 1. The van der Waals surface area contributed by atoms with Gasteiger partial charge in [0, 0.05) is 12.8 Å². The van der Waals surface area contributed by atoms with E-state index >= 15 is 0 Å². The SMILES string of the molecule is CCCCCCCCC/C=C/C(O)C(CO)NC(=O)CCCCCCCCCCCCCCCCCCCCCCOC(=O)CCCCCCCCCCCCCCCCCC. The molecule has 0 aromatic heterocycles. The Bertz CT molecular complexity index is 924. The number of rotatable bonds is 52. The second kappa shape index (κ2) is 52.2. The molecular formula is C56H109NO5. The molecule has 0 bridgehead atoms.